The summed E-state index contributed by atoms with van der Waals surface area (Å²) in [5.41, 5.74) is 0.979. The van der Waals surface area contributed by atoms with Gasteiger partial charge < -0.3 is 5.32 Å². The quantitative estimate of drug-likeness (QED) is 0.629. The van der Waals surface area contributed by atoms with Gasteiger partial charge in [-0.1, -0.05) is 32.9 Å². The van der Waals surface area contributed by atoms with Gasteiger partial charge in [-0.3, -0.25) is 4.79 Å². The zero-order valence-corrected chi connectivity index (χ0v) is 20.2. The Bertz CT molecular complexity index is 1000. The van der Waals surface area contributed by atoms with Gasteiger partial charge in [-0.25, -0.2) is 21.6 Å². The smallest absolute Gasteiger partial charge is 0.240 e. The first-order chi connectivity index (χ1) is 14.3. The van der Waals surface area contributed by atoms with Crippen molar-refractivity contribution in [1.82, 2.24) is 14.3 Å². The molecule has 2 N–H and O–H groups in total. The maximum atomic E-state index is 12.5. The average Bonchev–Trinajstić information content (AvgIpc) is 2.93. The number of nitrogens with zero attached hydrogens (tertiary/aromatic N) is 1. The highest BCUT2D eigenvalue weighted by Gasteiger charge is 2.45. The van der Waals surface area contributed by atoms with Crippen LogP contribution in [0.2, 0.25) is 0 Å². The van der Waals surface area contributed by atoms with Gasteiger partial charge in [-0.15, -0.1) is 0 Å². The molecule has 0 aromatic heterocycles. The third-order valence-electron chi connectivity index (χ3n) is 6.09. The summed E-state index contributed by atoms with van der Waals surface area (Å²) in [7, 11) is -6.92. The number of amides is 1. The van der Waals surface area contributed by atoms with E-state index in [0.29, 0.717) is 12.8 Å². The number of benzene rings is 1. The number of hydrogen-bond donors (Lipinski definition) is 2. The van der Waals surface area contributed by atoms with E-state index in [9.17, 15) is 21.6 Å². The molecular weight excluding hydrogens is 438 g/mol. The zero-order chi connectivity index (χ0) is 23.0. The van der Waals surface area contributed by atoms with Crippen molar-refractivity contribution in [1.29, 1.82) is 0 Å². The second-order valence-corrected chi connectivity index (χ2v) is 13.3. The monoisotopic (exact) mass is 471 g/mol. The summed E-state index contributed by atoms with van der Waals surface area (Å²) in [5.74, 6) is -0.233. The highest BCUT2D eigenvalue weighted by Crippen LogP contribution is 2.37. The van der Waals surface area contributed by atoms with Crippen molar-refractivity contribution in [3.63, 3.8) is 0 Å². The molecule has 2 unspecified atom stereocenters. The number of fused-ring (bicyclic) bond motifs is 2. The number of piperidine rings is 1. The lowest BCUT2D eigenvalue weighted by atomic mass is 9.87. The molecule has 2 heterocycles. The predicted octanol–water partition coefficient (Wildman–Crippen LogP) is 1.72. The van der Waals surface area contributed by atoms with E-state index >= 15 is 0 Å². The molecule has 0 aliphatic carbocycles. The first-order valence-corrected chi connectivity index (χ1v) is 14.0. The van der Waals surface area contributed by atoms with Crippen LogP contribution >= 0.6 is 0 Å². The van der Waals surface area contributed by atoms with Crippen LogP contribution in [0.1, 0.15) is 58.4 Å². The number of carbonyl (C=O) groups excluding carboxylic acids is 1. The largest absolute Gasteiger partial charge is 0.353 e. The number of sulfonamides is 2. The molecule has 2 aliphatic rings. The standard InChI is InChI=1S/C21H33N3O5S2/c1-21(2,3)15-5-9-19(10-6-15)31(28,29)22-12-11-20(25)23-16-13-17-7-8-18(14-16)24(17)30(4,26)27/h5-6,9-10,16-18,22H,7-8,11-14H2,1-4H3,(H,23,25). The van der Waals surface area contributed by atoms with Gasteiger partial charge in [0.15, 0.2) is 0 Å². The SMILES string of the molecule is CC(C)(C)c1ccc(S(=O)(=O)NCCC(=O)NC2CC3CCC(C2)N3S(C)(=O)=O)cc1. The molecule has 1 aromatic rings. The minimum absolute atomic E-state index is 0.00420. The third-order valence-corrected chi connectivity index (χ3v) is 8.93. The number of nitrogens with one attached hydrogen (secondary N) is 2. The van der Waals surface area contributed by atoms with Gasteiger partial charge in [0.25, 0.3) is 0 Å². The van der Waals surface area contributed by atoms with Gasteiger partial charge >= 0.3 is 0 Å². The van der Waals surface area contributed by atoms with Crippen LogP contribution in [0.5, 0.6) is 0 Å². The van der Waals surface area contributed by atoms with E-state index in [1.54, 1.807) is 28.6 Å². The summed E-state index contributed by atoms with van der Waals surface area (Å²) >= 11 is 0. The lowest BCUT2D eigenvalue weighted by Crippen LogP contribution is -2.52. The van der Waals surface area contributed by atoms with E-state index in [0.717, 1.165) is 18.4 Å². The molecule has 1 amide bonds. The second kappa shape index (κ2) is 8.80. The van der Waals surface area contributed by atoms with Gasteiger partial charge in [0.1, 0.15) is 0 Å². The number of carbonyl (C=O) groups is 1. The Labute approximate surface area is 185 Å². The highest BCUT2D eigenvalue weighted by atomic mass is 32.2. The molecule has 2 atom stereocenters. The maximum absolute atomic E-state index is 12.5. The van der Waals surface area contributed by atoms with Crippen molar-refractivity contribution in [2.75, 3.05) is 12.8 Å². The second-order valence-electron chi connectivity index (χ2n) is 9.64. The lowest BCUT2D eigenvalue weighted by Gasteiger charge is -2.37. The topological polar surface area (TPSA) is 113 Å². The van der Waals surface area contributed by atoms with E-state index in [-0.39, 0.29) is 47.3 Å². The molecule has 2 fully saturated rings. The van der Waals surface area contributed by atoms with Gasteiger partial charge in [-0.2, -0.15) is 4.31 Å². The van der Waals surface area contributed by atoms with E-state index in [1.165, 1.54) is 6.26 Å². The summed E-state index contributed by atoms with van der Waals surface area (Å²) in [6.07, 6.45) is 4.10. The summed E-state index contributed by atoms with van der Waals surface area (Å²) in [6.45, 7) is 6.18. The summed E-state index contributed by atoms with van der Waals surface area (Å²) in [5, 5.41) is 2.95. The number of rotatable bonds is 7. The van der Waals surface area contributed by atoms with Crippen LogP contribution in [0.15, 0.2) is 29.2 Å². The molecule has 174 valence electrons. The van der Waals surface area contributed by atoms with Crippen molar-refractivity contribution >= 4 is 26.0 Å². The molecule has 2 saturated heterocycles. The van der Waals surface area contributed by atoms with Crippen LogP contribution in [0, 0.1) is 0 Å². The van der Waals surface area contributed by atoms with Crippen molar-refractivity contribution in [2.24, 2.45) is 0 Å². The Morgan fingerprint density at radius 3 is 2.06 bits per heavy atom. The summed E-state index contributed by atoms with van der Waals surface area (Å²) in [6, 6.07) is 6.56. The van der Waals surface area contributed by atoms with Gasteiger partial charge in [0.05, 0.1) is 11.2 Å². The van der Waals surface area contributed by atoms with Crippen molar-refractivity contribution in [3.8, 4) is 0 Å². The molecule has 10 heteroatoms. The lowest BCUT2D eigenvalue weighted by molar-refractivity contribution is -0.122. The van der Waals surface area contributed by atoms with Crippen molar-refractivity contribution in [2.45, 2.75) is 81.3 Å². The fourth-order valence-corrected chi connectivity index (χ4v) is 7.11. The fraction of sp³-hybridized carbons (Fsp3) is 0.667. The van der Waals surface area contributed by atoms with Gasteiger partial charge in [0.2, 0.25) is 26.0 Å². The average molecular weight is 472 g/mol. The molecule has 1 aromatic carbocycles. The van der Waals surface area contributed by atoms with E-state index in [1.807, 2.05) is 0 Å². The molecule has 8 nitrogen and oxygen atoms in total. The van der Waals surface area contributed by atoms with E-state index < -0.39 is 20.0 Å². The first-order valence-electron chi connectivity index (χ1n) is 10.7. The van der Waals surface area contributed by atoms with Crippen LogP contribution in [0.25, 0.3) is 0 Å². The predicted molar refractivity (Wildman–Crippen MR) is 120 cm³/mol. The van der Waals surface area contributed by atoms with Crippen LogP contribution in [-0.4, -0.2) is 58.0 Å². The first kappa shape index (κ1) is 24.2. The van der Waals surface area contributed by atoms with Crippen LogP contribution in [0.4, 0.5) is 0 Å². The summed E-state index contributed by atoms with van der Waals surface area (Å²) < 4.78 is 53.0. The molecule has 0 spiro atoms. The minimum Gasteiger partial charge on any atom is -0.353 e. The molecule has 3 rings (SSSR count). The van der Waals surface area contributed by atoms with E-state index in [2.05, 4.69) is 30.8 Å². The Morgan fingerprint density at radius 1 is 1.03 bits per heavy atom. The molecule has 0 radical (unpaired) electrons. The summed E-state index contributed by atoms with van der Waals surface area (Å²) in [4.78, 5) is 12.5. The Balaban J connectivity index is 1.48. The zero-order valence-electron chi connectivity index (χ0n) is 18.6. The third kappa shape index (κ3) is 5.85. The molecule has 2 aliphatic heterocycles. The van der Waals surface area contributed by atoms with Crippen LogP contribution in [0.3, 0.4) is 0 Å². The minimum atomic E-state index is -3.69. The molecule has 2 bridgehead atoms. The van der Waals surface area contributed by atoms with Crippen LogP contribution < -0.4 is 10.0 Å². The van der Waals surface area contributed by atoms with Crippen LogP contribution in [-0.2, 0) is 30.3 Å². The Morgan fingerprint density at radius 2 is 1.58 bits per heavy atom. The van der Waals surface area contributed by atoms with E-state index in [4.69, 9.17) is 0 Å². The normalized spacial score (nSPS) is 24.8. The van der Waals surface area contributed by atoms with Gasteiger partial charge in [0, 0.05) is 31.1 Å². The molecular formula is C21H33N3O5S2. The fourth-order valence-electron chi connectivity index (χ4n) is 4.61. The van der Waals surface area contributed by atoms with Crippen molar-refractivity contribution in [3.05, 3.63) is 29.8 Å². The van der Waals surface area contributed by atoms with Crippen molar-refractivity contribution < 1.29 is 21.6 Å². The molecule has 0 saturated carbocycles. The molecule has 31 heavy (non-hydrogen) atoms. The highest BCUT2D eigenvalue weighted by molar-refractivity contribution is 7.89. The number of hydrogen-bond acceptors (Lipinski definition) is 5. The Kier molecular flexibility index (Phi) is 6.86. The maximum Gasteiger partial charge on any atom is 0.240 e. The van der Waals surface area contributed by atoms with Gasteiger partial charge in [-0.05, 0) is 48.8 Å². The Hall–Kier alpha value is -1.49.